The van der Waals surface area contributed by atoms with Gasteiger partial charge in [-0.05, 0) is 43.6 Å². The van der Waals surface area contributed by atoms with E-state index in [0.717, 1.165) is 18.3 Å². The zero-order valence-corrected chi connectivity index (χ0v) is 15.2. The van der Waals surface area contributed by atoms with Gasteiger partial charge in [-0.3, -0.25) is 10.1 Å². The number of nitrogens with two attached hydrogens (primary N) is 1. The van der Waals surface area contributed by atoms with Crippen LogP contribution in [0.5, 0.6) is 0 Å². The lowest BCUT2D eigenvalue weighted by Gasteiger charge is -2.14. The van der Waals surface area contributed by atoms with E-state index >= 15 is 0 Å². The molecule has 0 amide bonds. The lowest BCUT2D eigenvalue weighted by molar-refractivity contribution is -0.138. The highest BCUT2D eigenvalue weighted by Crippen LogP contribution is 2.52. The van der Waals surface area contributed by atoms with Crippen LogP contribution >= 0.6 is 0 Å². The SMILES string of the molecule is CCCC[C@@H]1[C@H](CCC)[C@@H]1COC(O)NCCCC[C@H](N)C(=O)O. The third-order valence-electron chi connectivity index (χ3n) is 5.05. The number of carbonyl (C=O) groups is 1. The first kappa shape index (κ1) is 21.4. The van der Waals surface area contributed by atoms with Gasteiger partial charge in [-0.2, -0.15) is 0 Å². The van der Waals surface area contributed by atoms with Gasteiger partial charge >= 0.3 is 5.97 Å². The third kappa shape index (κ3) is 7.92. The van der Waals surface area contributed by atoms with Crippen LogP contribution in [0.1, 0.15) is 65.2 Å². The largest absolute Gasteiger partial charge is 0.480 e. The number of aliphatic hydroxyl groups excluding tert-OH is 1. The molecule has 1 aliphatic rings. The molecular formula is C18H36N2O4. The van der Waals surface area contributed by atoms with E-state index in [1.165, 1.54) is 32.1 Å². The first-order valence-corrected chi connectivity index (χ1v) is 9.52. The van der Waals surface area contributed by atoms with Crippen molar-refractivity contribution < 1.29 is 19.7 Å². The van der Waals surface area contributed by atoms with Crippen LogP contribution in [0, 0.1) is 17.8 Å². The summed E-state index contributed by atoms with van der Waals surface area (Å²) in [6.45, 7) is 5.66. The minimum absolute atomic E-state index is 0.452. The minimum Gasteiger partial charge on any atom is -0.480 e. The number of aliphatic hydroxyl groups is 1. The molecule has 5 atom stereocenters. The Labute approximate surface area is 146 Å². The Morgan fingerprint density at radius 3 is 2.46 bits per heavy atom. The molecule has 0 aromatic rings. The summed E-state index contributed by atoms with van der Waals surface area (Å²) in [7, 11) is 0. The number of unbranched alkanes of at least 4 members (excludes halogenated alkanes) is 2. The molecule has 5 N–H and O–H groups in total. The Kier molecular flexibility index (Phi) is 10.5. The average molecular weight is 344 g/mol. The standard InChI is InChI=1S/C18H36N2O4/c1-3-5-9-14-13(8-4-2)15(14)12-24-18(23)20-11-7-6-10-16(19)17(21)22/h13-16,18,20,23H,3-12,19H2,1-2H3,(H,21,22)/t13-,14+,15-,16-,18?/m0/s1. The fraction of sp³-hybridized carbons (Fsp3) is 0.944. The highest BCUT2D eigenvalue weighted by molar-refractivity contribution is 5.72. The van der Waals surface area contributed by atoms with Crippen molar-refractivity contribution in [3.05, 3.63) is 0 Å². The van der Waals surface area contributed by atoms with E-state index in [-0.39, 0.29) is 0 Å². The normalized spacial score (nSPS) is 25.4. The highest BCUT2D eigenvalue weighted by atomic mass is 16.6. The summed E-state index contributed by atoms with van der Waals surface area (Å²) in [5, 5.41) is 21.5. The van der Waals surface area contributed by atoms with Gasteiger partial charge in [0.2, 0.25) is 6.41 Å². The van der Waals surface area contributed by atoms with E-state index in [9.17, 15) is 9.90 Å². The molecule has 0 heterocycles. The molecule has 1 saturated carbocycles. The summed E-state index contributed by atoms with van der Waals surface area (Å²) in [5.74, 6) is 1.18. The van der Waals surface area contributed by atoms with Gasteiger partial charge in [0.05, 0.1) is 6.61 Å². The smallest absolute Gasteiger partial charge is 0.320 e. The fourth-order valence-corrected chi connectivity index (χ4v) is 3.50. The van der Waals surface area contributed by atoms with E-state index in [2.05, 4.69) is 19.2 Å². The second kappa shape index (κ2) is 11.8. The van der Waals surface area contributed by atoms with Crippen molar-refractivity contribution >= 4 is 5.97 Å². The molecule has 0 spiro atoms. The molecule has 0 aliphatic heterocycles. The van der Waals surface area contributed by atoms with Crippen molar-refractivity contribution in [3.63, 3.8) is 0 Å². The van der Waals surface area contributed by atoms with Crippen LogP contribution in [0.4, 0.5) is 0 Å². The van der Waals surface area contributed by atoms with Gasteiger partial charge in [0.15, 0.2) is 0 Å². The Morgan fingerprint density at radius 2 is 1.83 bits per heavy atom. The predicted octanol–water partition coefficient (Wildman–Crippen LogP) is 2.30. The average Bonchev–Trinajstić information content (AvgIpc) is 3.21. The van der Waals surface area contributed by atoms with Gasteiger partial charge < -0.3 is 20.7 Å². The Morgan fingerprint density at radius 1 is 1.12 bits per heavy atom. The van der Waals surface area contributed by atoms with Crippen LogP contribution in [0.25, 0.3) is 0 Å². The predicted molar refractivity (Wildman–Crippen MR) is 94.3 cm³/mol. The molecule has 1 rings (SSSR count). The quantitative estimate of drug-likeness (QED) is 0.268. The van der Waals surface area contributed by atoms with Gasteiger partial charge in [-0.1, -0.05) is 46.0 Å². The van der Waals surface area contributed by atoms with E-state index in [1.54, 1.807) is 0 Å². The summed E-state index contributed by atoms with van der Waals surface area (Å²) in [6.07, 6.45) is 7.26. The number of aliphatic carboxylic acids is 1. The van der Waals surface area contributed by atoms with Crippen molar-refractivity contribution in [1.82, 2.24) is 5.32 Å². The van der Waals surface area contributed by atoms with Gasteiger partial charge in [0.25, 0.3) is 0 Å². The highest BCUT2D eigenvalue weighted by Gasteiger charge is 2.48. The van der Waals surface area contributed by atoms with Gasteiger partial charge in [0, 0.05) is 0 Å². The maximum absolute atomic E-state index is 10.6. The van der Waals surface area contributed by atoms with Crippen LogP contribution in [0.15, 0.2) is 0 Å². The number of carboxylic acids is 1. The molecule has 142 valence electrons. The number of ether oxygens (including phenoxy) is 1. The number of hydrogen-bond acceptors (Lipinski definition) is 5. The van der Waals surface area contributed by atoms with E-state index in [1.807, 2.05) is 0 Å². The van der Waals surface area contributed by atoms with Crippen LogP contribution < -0.4 is 11.1 Å². The molecule has 0 aromatic heterocycles. The van der Waals surface area contributed by atoms with E-state index < -0.39 is 18.4 Å². The Hall–Kier alpha value is -0.690. The second-order valence-electron chi connectivity index (χ2n) is 7.00. The topological polar surface area (TPSA) is 105 Å². The first-order chi connectivity index (χ1) is 11.5. The lowest BCUT2D eigenvalue weighted by atomic mass is 10.1. The molecule has 0 bridgehead atoms. The molecule has 0 saturated heterocycles. The first-order valence-electron chi connectivity index (χ1n) is 9.52. The van der Waals surface area contributed by atoms with Crippen molar-refractivity contribution in [1.29, 1.82) is 0 Å². The molecule has 6 nitrogen and oxygen atoms in total. The summed E-state index contributed by atoms with van der Waals surface area (Å²) in [4.78, 5) is 10.6. The molecule has 6 heteroatoms. The van der Waals surface area contributed by atoms with Crippen LogP contribution in [0.2, 0.25) is 0 Å². The summed E-state index contributed by atoms with van der Waals surface area (Å²) >= 11 is 0. The maximum Gasteiger partial charge on any atom is 0.320 e. The summed E-state index contributed by atoms with van der Waals surface area (Å²) in [6, 6.07) is -0.795. The molecule has 0 radical (unpaired) electrons. The van der Waals surface area contributed by atoms with Crippen molar-refractivity contribution in [3.8, 4) is 0 Å². The van der Waals surface area contributed by atoms with E-state index in [0.29, 0.717) is 31.9 Å². The number of nitrogens with one attached hydrogen (secondary N) is 1. The Balaban J connectivity index is 2.08. The monoisotopic (exact) mass is 344 g/mol. The second-order valence-corrected chi connectivity index (χ2v) is 7.00. The molecule has 24 heavy (non-hydrogen) atoms. The summed E-state index contributed by atoms with van der Waals surface area (Å²) in [5.41, 5.74) is 5.44. The maximum atomic E-state index is 10.6. The minimum atomic E-state index is -0.963. The van der Waals surface area contributed by atoms with Crippen LogP contribution in [0.3, 0.4) is 0 Å². The van der Waals surface area contributed by atoms with Crippen molar-refractivity contribution in [2.45, 2.75) is 77.7 Å². The third-order valence-corrected chi connectivity index (χ3v) is 5.05. The van der Waals surface area contributed by atoms with Crippen molar-refractivity contribution in [2.75, 3.05) is 13.2 Å². The number of rotatable bonds is 15. The lowest BCUT2D eigenvalue weighted by Crippen LogP contribution is -2.33. The zero-order chi connectivity index (χ0) is 17.9. The Bertz CT molecular complexity index is 354. The molecule has 1 unspecified atom stereocenters. The van der Waals surface area contributed by atoms with Crippen LogP contribution in [-0.2, 0) is 9.53 Å². The fourth-order valence-electron chi connectivity index (χ4n) is 3.50. The molecule has 1 fully saturated rings. The van der Waals surface area contributed by atoms with Gasteiger partial charge in [-0.15, -0.1) is 0 Å². The molecule has 0 aromatic carbocycles. The van der Waals surface area contributed by atoms with Crippen molar-refractivity contribution in [2.24, 2.45) is 23.5 Å². The van der Waals surface area contributed by atoms with Gasteiger partial charge in [-0.25, -0.2) is 0 Å². The zero-order valence-electron chi connectivity index (χ0n) is 15.2. The molecule has 1 aliphatic carbocycles. The summed E-state index contributed by atoms with van der Waals surface area (Å²) < 4.78 is 5.54. The number of carboxylic acid groups (broad SMARTS) is 1. The van der Waals surface area contributed by atoms with Crippen LogP contribution in [-0.4, -0.2) is 41.8 Å². The van der Waals surface area contributed by atoms with Gasteiger partial charge in [0.1, 0.15) is 6.04 Å². The van der Waals surface area contributed by atoms with E-state index in [4.69, 9.17) is 15.6 Å². The number of hydrogen-bond donors (Lipinski definition) is 4. The molecular weight excluding hydrogens is 308 g/mol.